The molecule has 0 bridgehead atoms. The van der Waals surface area contributed by atoms with Gasteiger partial charge in [-0.25, -0.2) is 0 Å². The highest BCUT2D eigenvalue weighted by Gasteiger charge is 2.17. The molecule has 1 aromatic rings. The third-order valence-electron chi connectivity index (χ3n) is 3.84. The van der Waals surface area contributed by atoms with Crippen LogP contribution in [0.4, 0.5) is 5.69 Å². The predicted molar refractivity (Wildman–Crippen MR) is 82.5 cm³/mol. The maximum atomic E-state index is 11.4. The van der Waals surface area contributed by atoms with Gasteiger partial charge in [-0.15, -0.1) is 0 Å². The van der Waals surface area contributed by atoms with Crippen LogP contribution in [0.15, 0.2) is 18.2 Å². The normalized spacial score (nSPS) is 16.6. The zero-order chi connectivity index (χ0) is 15.2. The molecular formula is C16H24N2O3. The predicted octanol–water partition coefficient (Wildman–Crippen LogP) is 1.13. The number of benzene rings is 1. The number of methoxy groups -OCH3 is 1. The van der Waals surface area contributed by atoms with E-state index in [-0.39, 0.29) is 5.97 Å². The Bertz CT molecular complexity index is 484. The molecule has 1 aliphatic heterocycles. The number of carbonyl (C=O) groups is 1. The van der Waals surface area contributed by atoms with Gasteiger partial charge in [-0.1, -0.05) is 19.1 Å². The van der Waals surface area contributed by atoms with Gasteiger partial charge in [0, 0.05) is 18.8 Å². The maximum Gasteiger partial charge on any atom is 0.322 e. The molecule has 2 rings (SSSR count). The van der Waals surface area contributed by atoms with Gasteiger partial charge in [0.1, 0.15) is 6.04 Å². The molecule has 0 amide bonds. The molecule has 21 heavy (non-hydrogen) atoms. The highest BCUT2D eigenvalue weighted by Crippen LogP contribution is 2.24. The van der Waals surface area contributed by atoms with Crippen LogP contribution in [0.5, 0.6) is 0 Å². The van der Waals surface area contributed by atoms with Crippen LogP contribution < -0.4 is 10.6 Å². The van der Waals surface area contributed by atoms with E-state index in [0.717, 1.165) is 38.3 Å². The Morgan fingerprint density at radius 1 is 1.43 bits per heavy atom. The van der Waals surface area contributed by atoms with Crippen LogP contribution in [-0.2, 0) is 27.1 Å². The average molecular weight is 292 g/mol. The summed E-state index contributed by atoms with van der Waals surface area (Å²) in [6.07, 6.45) is 1.46. The van der Waals surface area contributed by atoms with E-state index in [1.165, 1.54) is 18.4 Å². The summed E-state index contributed by atoms with van der Waals surface area (Å²) in [5, 5.41) is 0. The number of morpholine rings is 1. The molecule has 1 atom stereocenters. The minimum absolute atomic E-state index is 0.370. The van der Waals surface area contributed by atoms with Crippen molar-refractivity contribution < 1.29 is 14.3 Å². The number of ether oxygens (including phenoxy) is 2. The first kappa shape index (κ1) is 15.8. The molecule has 116 valence electrons. The van der Waals surface area contributed by atoms with Crippen molar-refractivity contribution in [3.8, 4) is 0 Å². The molecule has 0 spiro atoms. The number of nitrogens with zero attached hydrogens (tertiary/aromatic N) is 1. The number of carbonyl (C=O) groups excluding carboxylic acids is 1. The molecular weight excluding hydrogens is 268 g/mol. The van der Waals surface area contributed by atoms with Crippen molar-refractivity contribution in [1.29, 1.82) is 0 Å². The quantitative estimate of drug-likeness (QED) is 0.824. The smallest absolute Gasteiger partial charge is 0.322 e. The molecule has 5 nitrogen and oxygen atoms in total. The Labute approximate surface area is 126 Å². The molecule has 1 saturated heterocycles. The molecule has 2 N–H and O–H groups in total. The van der Waals surface area contributed by atoms with Crippen molar-refractivity contribution >= 4 is 11.7 Å². The molecule has 1 aromatic carbocycles. The van der Waals surface area contributed by atoms with E-state index in [4.69, 9.17) is 10.5 Å². The number of anilines is 1. The third-order valence-corrected chi connectivity index (χ3v) is 3.84. The fraction of sp³-hybridized carbons (Fsp3) is 0.562. The van der Waals surface area contributed by atoms with Gasteiger partial charge in [0.25, 0.3) is 0 Å². The standard InChI is InChI=1S/C16H24N2O3/c1-3-13-10-12(11-14(17)16(19)20-2)4-5-15(13)18-6-8-21-9-7-18/h4-5,10,14H,3,6-9,11,17H2,1-2H3. The van der Waals surface area contributed by atoms with Crippen LogP contribution in [-0.4, -0.2) is 45.4 Å². The Morgan fingerprint density at radius 3 is 2.76 bits per heavy atom. The van der Waals surface area contributed by atoms with E-state index in [9.17, 15) is 4.79 Å². The number of rotatable bonds is 5. The molecule has 1 aliphatic rings. The lowest BCUT2D eigenvalue weighted by Gasteiger charge is -2.31. The summed E-state index contributed by atoms with van der Waals surface area (Å²) in [7, 11) is 1.36. The second-order valence-corrected chi connectivity index (χ2v) is 5.25. The van der Waals surface area contributed by atoms with Gasteiger partial charge in [-0.2, -0.15) is 0 Å². The van der Waals surface area contributed by atoms with Crippen LogP contribution in [0.3, 0.4) is 0 Å². The number of esters is 1. The first-order chi connectivity index (χ1) is 10.2. The minimum atomic E-state index is -0.603. The SMILES string of the molecule is CCc1cc(CC(N)C(=O)OC)ccc1N1CCOCC1. The summed E-state index contributed by atoms with van der Waals surface area (Å²) in [4.78, 5) is 13.8. The Morgan fingerprint density at radius 2 is 2.14 bits per heavy atom. The Balaban J connectivity index is 2.13. The van der Waals surface area contributed by atoms with Gasteiger partial charge in [-0.3, -0.25) is 4.79 Å². The van der Waals surface area contributed by atoms with Crippen molar-refractivity contribution in [3.05, 3.63) is 29.3 Å². The number of hydrogen-bond donors (Lipinski definition) is 1. The fourth-order valence-electron chi connectivity index (χ4n) is 2.65. The van der Waals surface area contributed by atoms with Crippen molar-refractivity contribution in [2.24, 2.45) is 5.73 Å². The minimum Gasteiger partial charge on any atom is -0.468 e. The summed E-state index contributed by atoms with van der Waals surface area (Å²) in [5.41, 5.74) is 9.45. The average Bonchev–Trinajstić information content (AvgIpc) is 2.54. The van der Waals surface area contributed by atoms with Gasteiger partial charge >= 0.3 is 5.97 Å². The van der Waals surface area contributed by atoms with E-state index < -0.39 is 6.04 Å². The van der Waals surface area contributed by atoms with Gasteiger partial charge in [0.15, 0.2) is 0 Å². The van der Waals surface area contributed by atoms with E-state index in [2.05, 4.69) is 28.7 Å². The lowest BCUT2D eigenvalue weighted by atomic mass is 10.0. The summed E-state index contributed by atoms with van der Waals surface area (Å²) < 4.78 is 10.1. The highest BCUT2D eigenvalue weighted by molar-refractivity contribution is 5.75. The maximum absolute atomic E-state index is 11.4. The lowest BCUT2D eigenvalue weighted by molar-refractivity contribution is -0.142. The van der Waals surface area contributed by atoms with E-state index >= 15 is 0 Å². The van der Waals surface area contributed by atoms with Crippen molar-refractivity contribution in [1.82, 2.24) is 0 Å². The zero-order valence-corrected chi connectivity index (χ0v) is 12.8. The van der Waals surface area contributed by atoms with E-state index in [0.29, 0.717) is 6.42 Å². The highest BCUT2D eigenvalue weighted by atomic mass is 16.5. The topological polar surface area (TPSA) is 64.8 Å². The lowest BCUT2D eigenvalue weighted by Crippen LogP contribution is -2.37. The molecule has 0 aliphatic carbocycles. The van der Waals surface area contributed by atoms with Crippen LogP contribution in [0.2, 0.25) is 0 Å². The second kappa shape index (κ2) is 7.43. The molecule has 1 unspecified atom stereocenters. The van der Waals surface area contributed by atoms with Gasteiger partial charge < -0.3 is 20.1 Å². The number of aryl methyl sites for hydroxylation is 1. The number of nitrogens with two attached hydrogens (primary N) is 1. The van der Waals surface area contributed by atoms with Gasteiger partial charge in [0.05, 0.1) is 20.3 Å². The van der Waals surface area contributed by atoms with E-state index in [1.807, 2.05) is 6.07 Å². The molecule has 0 radical (unpaired) electrons. The van der Waals surface area contributed by atoms with Crippen molar-refractivity contribution in [3.63, 3.8) is 0 Å². The second-order valence-electron chi connectivity index (χ2n) is 5.25. The fourth-order valence-corrected chi connectivity index (χ4v) is 2.65. The first-order valence-corrected chi connectivity index (χ1v) is 7.43. The third kappa shape index (κ3) is 3.95. The summed E-state index contributed by atoms with van der Waals surface area (Å²) in [6.45, 7) is 5.54. The van der Waals surface area contributed by atoms with Crippen LogP contribution in [0, 0.1) is 0 Å². The number of hydrogen-bond acceptors (Lipinski definition) is 5. The summed E-state index contributed by atoms with van der Waals surface area (Å²) >= 11 is 0. The van der Waals surface area contributed by atoms with Crippen LogP contribution >= 0.6 is 0 Å². The first-order valence-electron chi connectivity index (χ1n) is 7.43. The van der Waals surface area contributed by atoms with Crippen molar-refractivity contribution in [2.75, 3.05) is 38.3 Å². The molecule has 0 saturated carbocycles. The molecule has 1 heterocycles. The Kier molecular flexibility index (Phi) is 5.59. The largest absolute Gasteiger partial charge is 0.468 e. The zero-order valence-electron chi connectivity index (χ0n) is 12.8. The van der Waals surface area contributed by atoms with Crippen LogP contribution in [0.1, 0.15) is 18.1 Å². The van der Waals surface area contributed by atoms with Gasteiger partial charge in [-0.05, 0) is 30.0 Å². The van der Waals surface area contributed by atoms with Gasteiger partial charge in [0.2, 0.25) is 0 Å². The molecule has 5 heteroatoms. The van der Waals surface area contributed by atoms with Crippen molar-refractivity contribution in [2.45, 2.75) is 25.8 Å². The monoisotopic (exact) mass is 292 g/mol. The summed E-state index contributed by atoms with van der Waals surface area (Å²) in [6, 6.07) is 5.72. The van der Waals surface area contributed by atoms with E-state index in [1.54, 1.807) is 0 Å². The molecule has 1 fully saturated rings. The van der Waals surface area contributed by atoms with Crippen LogP contribution in [0.25, 0.3) is 0 Å². The summed E-state index contributed by atoms with van der Waals surface area (Å²) in [5.74, 6) is -0.370. The Hall–Kier alpha value is -1.59. The molecule has 0 aromatic heterocycles.